The molecule has 2 atom stereocenters. The normalized spacial score (nSPS) is 12.8. The second-order valence-electron chi connectivity index (χ2n) is 21.8. The Morgan fingerprint density at radius 3 is 1.08 bits per heavy atom. The second-order valence-corrected chi connectivity index (χ2v) is 21.8. The fourth-order valence-electron chi connectivity index (χ4n) is 9.80. The molecule has 0 rings (SSSR count). The third-order valence-electron chi connectivity index (χ3n) is 14.7. The summed E-state index contributed by atoms with van der Waals surface area (Å²) in [7, 11) is 0. The lowest BCUT2D eigenvalue weighted by atomic mass is 10.0. The molecule has 1 amide bonds. The van der Waals surface area contributed by atoms with Crippen LogP contribution in [0.25, 0.3) is 0 Å². The Morgan fingerprint density at radius 1 is 0.394 bits per heavy atom. The standard InChI is InChI=1S/C65H123NO5/c1-3-5-7-9-11-13-15-17-19-21-23-24-25-26-29-33-37-41-45-49-53-57-63(68)62(61-67)66-64(69)58-54-50-46-42-38-34-30-28-32-36-40-44-48-52-56-60-71-65(70)59-55-51-47-43-39-35-31-27-22-20-18-16-14-12-10-8-6-4-2/h20,22,28,32,36,40,62-63,67-68H,3-19,21,23-27,29-31,33-35,37-39,41-61H2,1-2H3,(H,66,69)/b22-20-,32-28-,40-36-. The lowest BCUT2D eigenvalue weighted by Gasteiger charge is -2.22. The van der Waals surface area contributed by atoms with Crippen molar-refractivity contribution in [3.05, 3.63) is 36.5 Å². The lowest BCUT2D eigenvalue weighted by molar-refractivity contribution is -0.143. The van der Waals surface area contributed by atoms with Gasteiger partial charge in [-0.3, -0.25) is 9.59 Å². The summed E-state index contributed by atoms with van der Waals surface area (Å²) in [6, 6.07) is -0.560. The second kappa shape index (κ2) is 60.6. The molecule has 6 nitrogen and oxygen atoms in total. The molecule has 0 aliphatic carbocycles. The van der Waals surface area contributed by atoms with E-state index in [2.05, 4.69) is 55.6 Å². The van der Waals surface area contributed by atoms with Crippen LogP contribution >= 0.6 is 0 Å². The molecule has 2 unspecified atom stereocenters. The van der Waals surface area contributed by atoms with E-state index in [9.17, 15) is 19.8 Å². The molecule has 0 aliphatic heterocycles. The summed E-state index contributed by atoms with van der Waals surface area (Å²) in [6.45, 7) is 4.92. The maximum absolute atomic E-state index is 12.5. The van der Waals surface area contributed by atoms with Crippen molar-refractivity contribution in [2.75, 3.05) is 13.2 Å². The topological polar surface area (TPSA) is 95.9 Å². The van der Waals surface area contributed by atoms with Gasteiger partial charge in [0.05, 0.1) is 25.4 Å². The number of rotatable bonds is 59. The third-order valence-corrected chi connectivity index (χ3v) is 14.7. The number of aliphatic hydroxyl groups is 2. The van der Waals surface area contributed by atoms with Gasteiger partial charge < -0.3 is 20.3 Å². The van der Waals surface area contributed by atoms with Gasteiger partial charge in [-0.25, -0.2) is 0 Å². The average Bonchev–Trinajstić information content (AvgIpc) is 3.37. The Hall–Kier alpha value is -1.92. The first-order valence-corrected chi connectivity index (χ1v) is 31.8. The fraction of sp³-hybridized carbons (Fsp3) is 0.877. The van der Waals surface area contributed by atoms with Crippen LogP contribution in [0.2, 0.25) is 0 Å². The maximum Gasteiger partial charge on any atom is 0.305 e. The number of aliphatic hydroxyl groups excluding tert-OH is 2. The van der Waals surface area contributed by atoms with Crippen LogP contribution in [0.4, 0.5) is 0 Å². The van der Waals surface area contributed by atoms with Gasteiger partial charge in [-0.2, -0.15) is 0 Å². The molecule has 0 spiro atoms. The Kier molecular flexibility index (Phi) is 59.0. The molecular weight excluding hydrogens is 875 g/mol. The van der Waals surface area contributed by atoms with E-state index < -0.39 is 12.1 Å². The number of ether oxygens (including phenoxy) is 1. The van der Waals surface area contributed by atoms with Crippen molar-refractivity contribution >= 4 is 11.9 Å². The summed E-state index contributed by atoms with van der Waals surface area (Å²) >= 11 is 0. The van der Waals surface area contributed by atoms with Crippen LogP contribution in [-0.2, 0) is 14.3 Å². The molecule has 3 N–H and O–H groups in total. The first-order chi connectivity index (χ1) is 35.0. The fourth-order valence-corrected chi connectivity index (χ4v) is 9.80. The quantitative estimate of drug-likeness (QED) is 0.0244. The number of unbranched alkanes of at least 4 members (excludes halogenated alkanes) is 43. The Bertz CT molecular complexity index is 1150. The molecule has 418 valence electrons. The zero-order valence-electron chi connectivity index (χ0n) is 47.7. The molecule has 0 radical (unpaired) electrons. The number of hydrogen-bond donors (Lipinski definition) is 3. The minimum Gasteiger partial charge on any atom is -0.466 e. The van der Waals surface area contributed by atoms with Crippen LogP contribution in [0.15, 0.2) is 36.5 Å². The number of carbonyl (C=O) groups is 2. The third kappa shape index (κ3) is 57.2. The van der Waals surface area contributed by atoms with Crippen molar-refractivity contribution in [3.8, 4) is 0 Å². The predicted octanol–water partition coefficient (Wildman–Crippen LogP) is 20.0. The predicted molar refractivity (Wildman–Crippen MR) is 310 cm³/mol. The number of amides is 1. The van der Waals surface area contributed by atoms with Crippen LogP contribution < -0.4 is 5.32 Å². The monoisotopic (exact) mass is 998 g/mol. The molecular formula is C65H123NO5. The van der Waals surface area contributed by atoms with Gasteiger partial charge in [0.15, 0.2) is 0 Å². The Balaban J connectivity index is 3.50. The SMILES string of the molecule is CCCCCCCCC/C=C\CCCCCCCCCC(=O)OCCCCC/C=C\C=C/CCCCCCCCC(=O)NC(CO)C(O)CCCCCCCCCCCCCCCCCCCCCCC. The number of carbonyl (C=O) groups excluding carboxylic acids is 2. The van der Waals surface area contributed by atoms with E-state index in [0.29, 0.717) is 25.9 Å². The molecule has 0 aromatic heterocycles. The smallest absolute Gasteiger partial charge is 0.305 e. The van der Waals surface area contributed by atoms with Crippen molar-refractivity contribution in [2.45, 2.75) is 353 Å². The molecule has 0 bridgehead atoms. The van der Waals surface area contributed by atoms with Crippen molar-refractivity contribution in [1.82, 2.24) is 5.32 Å². The van der Waals surface area contributed by atoms with Gasteiger partial charge in [0.2, 0.25) is 5.91 Å². The van der Waals surface area contributed by atoms with Crippen molar-refractivity contribution in [3.63, 3.8) is 0 Å². The van der Waals surface area contributed by atoms with Crippen LogP contribution in [0, 0.1) is 0 Å². The van der Waals surface area contributed by atoms with E-state index >= 15 is 0 Å². The number of nitrogens with one attached hydrogen (secondary N) is 1. The summed E-state index contributed by atoms with van der Waals surface area (Å²) in [6.07, 6.45) is 75.8. The highest BCUT2D eigenvalue weighted by atomic mass is 16.5. The largest absolute Gasteiger partial charge is 0.466 e. The van der Waals surface area contributed by atoms with Gasteiger partial charge in [-0.1, -0.05) is 281 Å². The number of esters is 1. The number of hydrogen-bond acceptors (Lipinski definition) is 5. The van der Waals surface area contributed by atoms with Gasteiger partial charge in [0.25, 0.3) is 0 Å². The van der Waals surface area contributed by atoms with Crippen LogP contribution in [0.1, 0.15) is 341 Å². The van der Waals surface area contributed by atoms with E-state index in [1.165, 1.54) is 231 Å². The van der Waals surface area contributed by atoms with Gasteiger partial charge in [0, 0.05) is 12.8 Å². The highest BCUT2D eigenvalue weighted by Crippen LogP contribution is 2.18. The van der Waals surface area contributed by atoms with Crippen molar-refractivity contribution in [1.29, 1.82) is 0 Å². The van der Waals surface area contributed by atoms with Crippen LogP contribution in [-0.4, -0.2) is 47.4 Å². The molecule has 0 saturated heterocycles. The van der Waals surface area contributed by atoms with E-state index in [4.69, 9.17) is 4.74 Å². The molecule has 0 heterocycles. The number of allylic oxidation sites excluding steroid dienone is 6. The molecule has 0 fully saturated rings. The highest BCUT2D eigenvalue weighted by Gasteiger charge is 2.20. The Labute approximate surface area is 443 Å². The first-order valence-electron chi connectivity index (χ1n) is 31.8. The van der Waals surface area contributed by atoms with E-state index in [-0.39, 0.29) is 18.5 Å². The van der Waals surface area contributed by atoms with Crippen molar-refractivity contribution in [2.24, 2.45) is 0 Å². The molecule has 0 saturated carbocycles. The minimum atomic E-state index is -0.680. The summed E-state index contributed by atoms with van der Waals surface area (Å²) in [5.74, 6) is -0.0788. The van der Waals surface area contributed by atoms with Crippen molar-refractivity contribution < 1.29 is 24.5 Å². The van der Waals surface area contributed by atoms with Gasteiger partial charge in [0.1, 0.15) is 0 Å². The van der Waals surface area contributed by atoms with Gasteiger partial charge in [-0.15, -0.1) is 0 Å². The Morgan fingerprint density at radius 2 is 0.704 bits per heavy atom. The first kappa shape index (κ1) is 69.1. The molecule has 0 aliphatic rings. The van der Waals surface area contributed by atoms with E-state index in [1.807, 2.05) is 0 Å². The molecule has 71 heavy (non-hydrogen) atoms. The summed E-state index contributed by atoms with van der Waals surface area (Å²) in [4.78, 5) is 24.6. The maximum atomic E-state index is 12.5. The zero-order valence-corrected chi connectivity index (χ0v) is 47.7. The summed E-state index contributed by atoms with van der Waals surface area (Å²) < 4.78 is 5.46. The molecule has 6 heteroatoms. The molecule has 0 aromatic rings. The van der Waals surface area contributed by atoms with E-state index in [0.717, 1.165) is 77.0 Å². The van der Waals surface area contributed by atoms with Crippen LogP contribution in [0.3, 0.4) is 0 Å². The molecule has 0 aromatic carbocycles. The summed E-state index contributed by atoms with van der Waals surface area (Å²) in [5, 5.41) is 23.4. The van der Waals surface area contributed by atoms with E-state index in [1.54, 1.807) is 0 Å². The lowest BCUT2D eigenvalue weighted by Crippen LogP contribution is -2.45. The van der Waals surface area contributed by atoms with Crippen LogP contribution in [0.5, 0.6) is 0 Å². The summed E-state index contributed by atoms with van der Waals surface area (Å²) in [5.41, 5.74) is 0. The zero-order chi connectivity index (χ0) is 51.4. The average molecular weight is 999 g/mol. The highest BCUT2D eigenvalue weighted by molar-refractivity contribution is 5.76. The van der Waals surface area contributed by atoms with Gasteiger partial charge >= 0.3 is 5.97 Å². The minimum absolute atomic E-state index is 0.0240. The van der Waals surface area contributed by atoms with Gasteiger partial charge in [-0.05, 0) is 83.5 Å².